The maximum absolute atomic E-state index is 11.7. The maximum atomic E-state index is 11.7. The average molecular weight is 275 g/mol. The molecule has 0 aromatic carbocycles. The molecule has 2 amide bonds. The lowest BCUT2D eigenvalue weighted by molar-refractivity contribution is -0.156. The van der Waals surface area contributed by atoms with Crippen LogP contribution in [0, 0.1) is 11.8 Å². The van der Waals surface area contributed by atoms with Crippen LogP contribution >= 0.6 is 0 Å². The molecule has 2 rings (SSSR count). The molecule has 2 aliphatic rings. The number of piperidine rings is 1. The number of carboxylic acids is 1. The van der Waals surface area contributed by atoms with Gasteiger partial charge in [0.2, 0.25) is 11.8 Å². The minimum atomic E-state index is -3.33. The lowest BCUT2D eigenvalue weighted by Gasteiger charge is -2.23. The summed E-state index contributed by atoms with van der Waals surface area (Å²) in [7, 11) is -3.33. The summed E-state index contributed by atoms with van der Waals surface area (Å²) in [6.07, 6.45) is 1.22. The number of nitrogens with zero attached hydrogens (tertiary/aromatic N) is 1. The van der Waals surface area contributed by atoms with Gasteiger partial charge in [0.1, 0.15) is 15.9 Å². The van der Waals surface area contributed by atoms with Crippen molar-refractivity contribution in [1.82, 2.24) is 4.90 Å². The lowest BCUT2D eigenvalue weighted by Crippen LogP contribution is -2.47. The Bertz CT molecular complexity index is 504. The van der Waals surface area contributed by atoms with E-state index in [4.69, 9.17) is 5.11 Å². The van der Waals surface area contributed by atoms with E-state index in [0.29, 0.717) is 6.42 Å². The van der Waals surface area contributed by atoms with Gasteiger partial charge in [0.05, 0.1) is 17.6 Å². The van der Waals surface area contributed by atoms with E-state index in [2.05, 4.69) is 0 Å². The summed E-state index contributed by atoms with van der Waals surface area (Å²) < 4.78 is 22.1. The molecule has 0 radical (unpaired) electrons. The van der Waals surface area contributed by atoms with Gasteiger partial charge in [-0.1, -0.05) is 0 Å². The summed E-state index contributed by atoms with van der Waals surface area (Å²) >= 11 is 0. The van der Waals surface area contributed by atoms with Crippen LogP contribution in [-0.2, 0) is 24.2 Å². The Labute approximate surface area is 104 Å². The van der Waals surface area contributed by atoms with Crippen molar-refractivity contribution in [2.45, 2.75) is 18.9 Å². The molecule has 3 atom stereocenters. The number of imide groups is 1. The number of rotatable bonds is 5. The third-order valence-electron chi connectivity index (χ3n) is 3.26. The Morgan fingerprint density at radius 2 is 1.89 bits per heavy atom. The molecule has 0 aromatic heterocycles. The van der Waals surface area contributed by atoms with Crippen LogP contribution in [0.4, 0.5) is 0 Å². The Balaban J connectivity index is 2.13. The van der Waals surface area contributed by atoms with Gasteiger partial charge in [0, 0.05) is 6.26 Å². The monoisotopic (exact) mass is 275 g/mol. The van der Waals surface area contributed by atoms with Crippen molar-refractivity contribution in [2.24, 2.45) is 11.8 Å². The summed E-state index contributed by atoms with van der Waals surface area (Å²) in [6, 6.07) is -1.37. The molecule has 3 unspecified atom stereocenters. The molecule has 7 nitrogen and oxygen atoms in total. The van der Waals surface area contributed by atoms with Crippen molar-refractivity contribution in [3.63, 3.8) is 0 Å². The largest absolute Gasteiger partial charge is 0.480 e. The molecule has 1 heterocycles. The van der Waals surface area contributed by atoms with Gasteiger partial charge in [-0.25, -0.2) is 13.2 Å². The van der Waals surface area contributed by atoms with Crippen LogP contribution in [0.2, 0.25) is 0 Å². The molecule has 1 saturated carbocycles. The number of sulfone groups is 1. The number of aliphatic carboxylic acids is 1. The van der Waals surface area contributed by atoms with Crippen LogP contribution < -0.4 is 0 Å². The highest BCUT2D eigenvalue weighted by Crippen LogP contribution is 2.47. The van der Waals surface area contributed by atoms with Crippen LogP contribution in [-0.4, -0.2) is 54.3 Å². The summed E-state index contributed by atoms with van der Waals surface area (Å²) in [4.78, 5) is 35.2. The number of hydrogen-bond donors (Lipinski definition) is 1. The van der Waals surface area contributed by atoms with E-state index >= 15 is 0 Å². The number of carbonyl (C=O) groups is 3. The van der Waals surface area contributed by atoms with Gasteiger partial charge in [-0.15, -0.1) is 0 Å². The molecule has 0 aromatic rings. The van der Waals surface area contributed by atoms with Crippen LogP contribution in [0.25, 0.3) is 0 Å². The minimum Gasteiger partial charge on any atom is -0.480 e. The second-order valence-electron chi connectivity index (χ2n) is 4.77. The van der Waals surface area contributed by atoms with Crippen LogP contribution in [0.3, 0.4) is 0 Å². The molecule has 0 spiro atoms. The highest BCUT2D eigenvalue weighted by atomic mass is 32.2. The normalized spacial score (nSPS) is 28.2. The topological polar surface area (TPSA) is 109 Å². The molecule has 1 aliphatic carbocycles. The molecule has 8 heteroatoms. The Morgan fingerprint density at radius 1 is 1.39 bits per heavy atom. The smallest absolute Gasteiger partial charge is 0.326 e. The molecule has 2 fully saturated rings. The fourth-order valence-corrected chi connectivity index (χ4v) is 2.85. The zero-order valence-corrected chi connectivity index (χ0v) is 10.5. The average Bonchev–Trinajstić information content (AvgIpc) is 2.95. The van der Waals surface area contributed by atoms with Crippen molar-refractivity contribution in [3.8, 4) is 0 Å². The lowest BCUT2D eigenvalue weighted by atomic mass is 10.2. The van der Waals surface area contributed by atoms with Gasteiger partial charge >= 0.3 is 5.97 Å². The first-order chi connectivity index (χ1) is 8.22. The Kier molecular flexibility index (Phi) is 2.92. The maximum Gasteiger partial charge on any atom is 0.326 e. The van der Waals surface area contributed by atoms with E-state index in [-0.39, 0.29) is 24.0 Å². The quantitative estimate of drug-likeness (QED) is 0.636. The zero-order valence-electron chi connectivity index (χ0n) is 9.70. The van der Waals surface area contributed by atoms with Crippen LogP contribution in [0.15, 0.2) is 0 Å². The fraction of sp³-hybridized carbons (Fsp3) is 0.700. The Hall–Kier alpha value is -1.44. The molecular weight excluding hydrogens is 262 g/mol. The molecule has 0 bridgehead atoms. The van der Waals surface area contributed by atoms with Crippen LogP contribution in [0.1, 0.15) is 12.8 Å². The predicted octanol–water partition coefficient (Wildman–Crippen LogP) is -1.12. The second-order valence-corrected chi connectivity index (χ2v) is 7.03. The Morgan fingerprint density at radius 3 is 2.28 bits per heavy atom. The SMILES string of the molecule is CS(=O)(=O)CCC(C(=O)O)N1C(=O)C2CC2C1=O. The van der Waals surface area contributed by atoms with Gasteiger partial charge in [-0.3, -0.25) is 14.5 Å². The van der Waals surface area contributed by atoms with Gasteiger partial charge in [0.25, 0.3) is 0 Å². The number of fused-ring (bicyclic) bond motifs is 1. The van der Waals surface area contributed by atoms with E-state index in [1.165, 1.54) is 0 Å². The first-order valence-corrected chi connectivity index (χ1v) is 7.56. The number of likely N-dealkylation sites (tertiary alicyclic amines) is 1. The number of amides is 2. The number of carboxylic acid groups (broad SMARTS) is 1. The van der Waals surface area contributed by atoms with E-state index in [9.17, 15) is 22.8 Å². The van der Waals surface area contributed by atoms with Gasteiger partial charge in [-0.05, 0) is 12.8 Å². The second kappa shape index (κ2) is 4.04. The highest BCUT2D eigenvalue weighted by Gasteiger charge is 2.61. The highest BCUT2D eigenvalue weighted by molar-refractivity contribution is 7.90. The number of hydrogen-bond acceptors (Lipinski definition) is 5. The van der Waals surface area contributed by atoms with E-state index in [1.807, 2.05) is 0 Å². The van der Waals surface area contributed by atoms with Crippen LogP contribution in [0.5, 0.6) is 0 Å². The predicted molar refractivity (Wildman–Crippen MR) is 59.2 cm³/mol. The van der Waals surface area contributed by atoms with Crippen molar-refractivity contribution in [1.29, 1.82) is 0 Å². The molecule has 1 saturated heterocycles. The van der Waals surface area contributed by atoms with Crippen molar-refractivity contribution in [3.05, 3.63) is 0 Å². The van der Waals surface area contributed by atoms with E-state index < -0.39 is 33.7 Å². The minimum absolute atomic E-state index is 0.259. The van der Waals surface area contributed by atoms with Crippen molar-refractivity contribution >= 4 is 27.6 Å². The third-order valence-corrected chi connectivity index (χ3v) is 4.24. The summed E-state index contributed by atoms with van der Waals surface area (Å²) in [6.45, 7) is 0. The summed E-state index contributed by atoms with van der Waals surface area (Å²) in [5.41, 5.74) is 0. The standard InChI is InChI=1S/C10H13NO6S/c1-18(16,17)3-2-7(10(14)15)11-8(12)5-4-6(5)9(11)13/h5-7H,2-4H2,1H3,(H,14,15). The van der Waals surface area contributed by atoms with Gasteiger partial charge in [-0.2, -0.15) is 0 Å². The summed E-state index contributed by atoms with van der Waals surface area (Å²) in [5.74, 6) is -3.43. The molecule has 1 N–H and O–H groups in total. The number of carbonyl (C=O) groups excluding carboxylic acids is 2. The molecular formula is C10H13NO6S. The van der Waals surface area contributed by atoms with Crippen molar-refractivity contribution < 1.29 is 27.9 Å². The fourth-order valence-electron chi connectivity index (χ4n) is 2.20. The van der Waals surface area contributed by atoms with Gasteiger partial charge in [0.15, 0.2) is 0 Å². The summed E-state index contributed by atoms with van der Waals surface area (Å²) in [5, 5.41) is 9.03. The third kappa shape index (κ3) is 2.24. The van der Waals surface area contributed by atoms with Gasteiger partial charge < -0.3 is 5.11 Å². The van der Waals surface area contributed by atoms with E-state index in [0.717, 1.165) is 11.2 Å². The first kappa shape index (κ1) is 13.0. The van der Waals surface area contributed by atoms with Crippen molar-refractivity contribution in [2.75, 3.05) is 12.0 Å². The molecule has 18 heavy (non-hydrogen) atoms. The first-order valence-electron chi connectivity index (χ1n) is 5.50. The molecule has 100 valence electrons. The zero-order chi connectivity index (χ0) is 13.7. The van der Waals surface area contributed by atoms with E-state index in [1.54, 1.807) is 0 Å². The molecule has 1 aliphatic heterocycles.